The molecule has 1 unspecified atom stereocenters. The second kappa shape index (κ2) is 5.13. The maximum Gasteiger partial charge on any atom is 0.0386 e. The van der Waals surface area contributed by atoms with E-state index in [9.17, 15) is 0 Å². The first-order valence-corrected chi connectivity index (χ1v) is 6.24. The van der Waals surface area contributed by atoms with E-state index in [0.717, 1.165) is 6.54 Å². The molecule has 1 heterocycles. The van der Waals surface area contributed by atoms with Crippen molar-refractivity contribution in [2.24, 2.45) is 5.92 Å². The lowest BCUT2D eigenvalue weighted by Crippen LogP contribution is -2.22. The number of rotatable bonds is 4. The normalized spacial score (nSPS) is 13.6. The van der Waals surface area contributed by atoms with E-state index >= 15 is 0 Å². The second-order valence-corrected chi connectivity index (χ2v) is 5.55. The lowest BCUT2D eigenvalue weighted by Gasteiger charge is -2.13. The Balaban J connectivity index is 2.44. The smallest absolute Gasteiger partial charge is 0.0386 e. The summed E-state index contributed by atoms with van der Waals surface area (Å²) in [6.45, 7) is 7.74. The summed E-state index contributed by atoms with van der Waals surface area (Å²) in [6.07, 6.45) is 0. The van der Waals surface area contributed by atoms with Gasteiger partial charge in [0.2, 0.25) is 0 Å². The Labute approximate surface area is 92.7 Å². The van der Waals surface area contributed by atoms with Crippen LogP contribution in [0, 0.1) is 5.92 Å². The van der Waals surface area contributed by atoms with Gasteiger partial charge in [0.15, 0.2) is 0 Å². The SMILES string of the molecule is CC(C)CNC(C)c1cc(Br)cs1. The molecule has 1 nitrogen and oxygen atoms in total. The van der Waals surface area contributed by atoms with E-state index in [1.807, 2.05) is 0 Å². The molecule has 74 valence electrons. The number of hydrogen-bond acceptors (Lipinski definition) is 2. The van der Waals surface area contributed by atoms with Gasteiger partial charge in [-0.15, -0.1) is 11.3 Å². The van der Waals surface area contributed by atoms with Crippen LogP contribution in [0.1, 0.15) is 31.7 Å². The van der Waals surface area contributed by atoms with E-state index in [0.29, 0.717) is 12.0 Å². The van der Waals surface area contributed by atoms with Gasteiger partial charge >= 0.3 is 0 Å². The third kappa shape index (κ3) is 3.79. The van der Waals surface area contributed by atoms with Gasteiger partial charge < -0.3 is 5.32 Å². The molecule has 0 bridgehead atoms. The summed E-state index contributed by atoms with van der Waals surface area (Å²) in [7, 11) is 0. The topological polar surface area (TPSA) is 12.0 Å². The molecule has 0 saturated heterocycles. The highest BCUT2D eigenvalue weighted by molar-refractivity contribution is 9.10. The first kappa shape index (κ1) is 11.2. The molecule has 1 N–H and O–H groups in total. The molecule has 0 aliphatic carbocycles. The molecule has 0 amide bonds. The minimum atomic E-state index is 0.471. The van der Waals surface area contributed by atoms with Crippen LogP contribution < -0.4 is 5.32 Å². The van der Waals surface area contributed by atoms with Crippen LogP contribution in [0.25, 0.3) is 0 Å². The standard InChI is InChI=1S/C10H16BrNS/c1-7(2)5-12-8(3)10-4-9(11)6-13-10/h4,6-8,12H,5H2,1-3H3. The lowest BCUT2D eigenvalue weighted by atomic mass is 10.2. The zero-order valence-corrected chi connectivity index (χ0v) is 10.7. The van der Waals surface area contributed by atoms with Crippen molar-refractivity contribution in [2.75, 3.05) is 6.54 Å². The summed E-state index contributed by atoms with van der Waals surface area (Å²) in [6, 6.07) is 2.65. The number of halogens is 1. The van der Waals surface area contributed by atoms with Crippen molar-refractivity contribution in [3.05, 3.63) is 20.8 Å². The summed E-state index contributed by atoms with van der Waals surface area (Å²) in [5.41, 5.74) is 0. The Morgan fingerprint density at radius 3 is 2.62 bits per heavy atom. The second-order valence-electron chi connectivity index (χ2n) is 3.69. The van der Waals surface area contributed by atoms with Gasteiger partial charge in [0.05, 0.1) is 0 Å². The van der Waals surface area contributed by atoms with Gasteiger partial charge in [-0.1, -0.05) is 13.8 Å². The average molecular weight is 262 g/mol. The molecule has 1 atom stereocenters. The molecule has 1 aromatic rings. The molecule has 0 aliphatic rings. The van der Waals surface area contributed by atoms with Crippen LogP contribution >= 0.6 is 27.3 Å². The highest BCUT2D eigenvalue weighted by atomic mass is 79.9. The van der Waals surface area contributed by atoms with E-state index in [1.54, 1.807) is 11.3 Å². The zero-order chi connectivity index (χ0) is 9.84. The molecule has 0 fully saturated rings. The molecule has 3 heteroatoms. The van der Waals surface area contributed by atoms with E-state index < -0.39 is 0 Å². The molecular weight excluding hydrogens is 246 g/mol. The Morgan fingerprint density at radius 1 is 1.46 bits per heavy atom. The maximum absolute atomic E-state index is 3.50. The summed E-state index contributed by atoms with van der Waals surface area (Å²) >= 11 is 5.26. The van der Waals surface area contributed by atoms with E-state index in [4.69, 9.17) is 0 Å². The van der Waals surface area contributed by atoms with Crippen LogP contribution in [0.15, 0.2) is 15.9 Å². The first-order chi connectivity index (χ1) is 6.09. The minimum Gasteiger partial charge on any atom is -0.309 e. The molecule has 0 spiro atoms. The Bertz CT molecular complexity index is 257. The van der Waals surface area contributed by atoms with Crippen LogP contribution in [-0.4, -0.2) is 6.54 Å². The van der Waals surface area contributed by atoms with Crippen molar-refractivity contribution in [3.63, 3.8) is 0 Å². The van der Waals surface area contributed by atoms with E-state index in [-0.39, 0.29) is 0 Å². The van der Waals surface area contributed by atoms with Crippen LogP contribution in [0.4, 0.5) is 0 Å². The fourth-order valence-electron chi connectivity index (χ4n) is 1.07. The van der Waals surface area contributed by atoms with Gasteiger partial charge in [-0.05, 0) is 41.4 Å². The highest BCUT2D eigenvalue weighted by Gasteiger charge is 2.07. The average Bonchev–Trinajstić information content (AvgIpc) is 2.47. The van der Waals surface area contributed by atoms with Crippen molar-refractivity contribution in [1.82, 2.24) is 5.32 Å². The molecule has 13 heavy (non-hydrogen) atoms. The third-order valence-corrected chi connectivity index (χ3v) is 3.72. The quantitative estimate of drug-likeness (QED) is 0.869. The molecule has 0 aliphatic heterocycles. The van der Waals surface area contributed by atoms with Crippen LogP contribution in [-0.2, 0) is 0 Å². The van der Waals surface area contributed by atoms with Crippen LogP contribution in [0.3, 0.4) is 0 Å². The summed E-state index contributed by atoms with van der Waals surface area (Å²) in [5, 5.41) is 5.63. The fraction of sp³-hybridized carbons (Fsp3) is 0.600. The molecule has 1 rings (SSSR count). The molecule has 1 aromatic heterocycles. The van der Waals surface area contributed by atoms with Gasteiger partial charge in [0.1, 0.15) is 0 Å². The largest absolute Gasteiger partial charge is 0.309 e. The third-order valence-electron chi connectivity index (χ3n) is 1.85. The zero-order valence-electron chi connectivity index (χ0n) is 8.30. The van der Waals surface area contributed by atoms with Gasteiger partial charge in [0.25, 0.3) is 0 Å². The summed E-state index contributed by atoms with van der Waals surface area (Å²) in [4.78, 5) is 1.40. The first-order valence-electron chi connectivity index (χ1n) is 4.57. The van der Waals surface area contributed by atoms with Crippen molar-refractivity contribution >= 4 is 27.3 Å². The molecular formula is C10H16BrNS. The van der Waals surface area contributed by atoms with Gasteiger partial charge in [-0.2, -0.15) is 0 Å². The number of hydrogen-bond donors (Lipinski definition) is 1. The monoisotopic (exact) mass is 261 g/mol. The Hall–Kier alpha value is 0.140. The van der Waals surface area contributed by atoms with Crippen molar-refractivity contribution < 1.29 is 0 Å². The molecule has 0 saturated carbocycles. The van der Waals surface area contributed by atoms with Crippen molar-refractivity contribution in [2.45, 2.75) is 26.8 Å². The van der Waals surface area contributed by atoms with E-state index in [1.165, 1.54) is 9.35 Å². The summed E-state index contributed by atoms with van der Waals surface area (Å²) in [5.74, 6) is 0.714. The Kier molecular flexibility index (Phi) is 4.42. The summed E-state index contributed by atoms with van der Waals surface area (Å²) < 4.78 is 1.19. The Morgan fingerprint density at radius 2 is 2.15 bits per heavy atom. The maximum atomic E-state index is 3.50. The van der Waals surface area contributed by atoms with Crippen LogP contribution in [0.2, 0.25) is 0 Å². The van der Waals surface area contributed by atoms with Crippen molar-refractivity contribution in [1.29, 1.82) is 0 Å². The lowest BCUT2D eigenvalue weighted by molar-refractivity contribution is 0.500. The van der Waals surface area contributed by atoms with Gasteiger partial charge in [-0.25, -0.2) is 0 Å². The number of nitrogens with one attached hydrogen (secondary N) is 1. The van der Waals surface area contributed by atoms with Gasteiger partial charge in [-0.3, -0.25) is 0 Å². The van der Waals surface area contributed by atoms with E-state index in [2.05, 4.69) is 53.5 Å². The predicted octanol–water partition coefficient (Wildman–Crippen LogP) is 3.82. The molecule has 0 aromatic carbocycles. The minimum absolute atomic E-state index is 0.471. The number of thiophene rings is 1. The van der Waals surface area contributed by atoms with Crippen molar-refractivity contribution in [3.8, 4) is 0 Å². The highest BCUT2D eigenvalue weighted by Crippen LogP contribution is 2.25. The predicted molar refractivity (Wildman–Crippen MR) is 63.3 cm³/mol. The van der Waals surface area contributed by atoms with Crippen LogP contribution in [0.5, 0.6) is 0 Å². The fourth-order valence-corrected chi connectivity index (χ4v) is 2.55. The molecule has 0 radical (unpaired) electrons. The van der Waals surface area contributed by atoms with Gasteiger partial charge in [0, 0.05) is 20.8 Å².